The molecule has 0 N–H and O–H groups in total. The topological polar surface area (TPSA) is 44.8 Å². The van der Waals surface area contributed by atoms with Crippen molar-refractivity contribution in [3.8, 4) is 11.8 Å². The molecule has 0 saturated carbocycles. The van der Waals surface area contributed by atoms with Gasteiger partial charge in [-0.15, -0.1) is 0 Å². The molecule has 1 heterocycles. The van der Waals surface area contributed by atoms with E-state index in [1.54, 1.807) is 0 Å². The molecule has 4 nitrogen and oxygen atoms in total. The van der Waals surface area contributed by atoms with E-state index >= 15 is 0 Å². The molecule has 1 aliphatic heterocycles. The van der Waals surface area contributed by atoms with Crippen LogP contribution in [0.1, 0.15) is 43.9 Å². The summed E-state index contributed by atoms with van der Waals surface area (Å²) in [6.45, 7) is 7.18. The fraction of sp³-hybridized carbons (Fsp3) is 0.344. The summed E-state index contributed by atoms with van der Waals surface area (Å²) in [5.74, 6) is 6.58. The summed E-state index contributed by atoms with van der Waals surface area (Å²) in [6.07, 6.45) is -0.807. The molecule has 37 heavy (non-hydrogen) atoms. The summed E-state index contributed by atoms with van der Waals surface area (Å²) in [7, 11) is 0. The molecule has 3 aromatic rings. The van der Waals surface area contributed by atoms with Gasteiger partial charge < -0.3 is 14.2 Å². The lowest BCUT2D eigenvalue weighted by Crippen LogP contribution is -2.46. The number of carbonyl (C=O) groups is 1. The second-order valence-corrected chi connectivity index (χ2v) is 12.0. The van der Waals surface area contributed by atoms with E-state index in [-0.39, 0.29) is 22.4 Å². The predicted octanol–water partition coefficient (Wildman–Crippen LogP) is 6.43. The van der Waals surface area contributed by atoms with Crippen LogP contribution in [0.5, 0.6) is 0 Å². The van der Waals surface area contributed by atoms with Gasteiger partial charge in [0.25, 0.3) is 0 Å². The van der Waals surface area contributed by atoms with Gasteiger partial charge in [-0.3, -0.25) is 4.79 Å². The van der Waals surface area contributed by atoms with E-state index in [9.17, 15) is 4.79 Å². The second kappa shape index (κ2) is 12.6. The van der Waals surface area contributed by atoms with E-state index in [1.807, 2.05) is 112 Å². The van der Waals surface area contributed by atoms with Crippen molar-refractivity contribution in [2.45, 2.75) is 63.0 Å². The second-order valence-electron chi connectivity index (χ2n) is 10.1. The zero-order chi connectivity index (χ0) is 26.1. The third kappa shape index (κ3) is 8.05. The van der Waals surface area contributed by atoms with Gasteiger partial charge in [-0.1, -0.05) is 123 Å². The Balaban J connectivity index is 1.64. The van der Waals surface area contributed by atoms with Crippen LogP contribution in [0.4, 0.5) is 0 Å². The first kappa shape index (κ1) is 27.2. The largest absolute Gasteiger partial charge is 0.368 e. The molecule has 3 aromatic carbocycles. The maximum atomic E-state index is 13.3. The molecular weight excluding hydrogens is 480 g/mol. The van der Waals surface area contributed by atoms with Crippen LogP contribution in [0.3, 0.4) is 0 Å². The summed E-state index contributed by atoms with van der Waals surface area (Å²) < 4.78 is 19.0. The van der Waals surface area contributed by atoms with Crippen LogP contribution in [-0.4, -0.2) is 34.3 Å². The Morgan fingerprint density at radius 1 is 0.892 bits per heavy atom. The molecular formula is C32H34O4S. The van der Waals surface area contributed by atoms with Crippen molar-refractivity contribution in [3.63, 3.8) is 0 Å². The minimum Gasteiger partial charge on any atom is -0.368 e. The van der Waals surface area contributed by atoms with Gasteiger partial charge in [-0.2, -0.15) is 0 Å². The third-order valence-corrected chi connectivity index (χ3v) is 6.89. The number of rotatable bonds is 8. The molecule has 0 spiro atoms. The highest BCUT2D eigenvalue weighted by molar-refractivity contribution is 8.14. The van der Waals surface area contributed by atoms with Gasteiger partial charge in [0.2, 0.25) is 0 Å². The van der Waals surface area contributed by atoms with Crippen molar-refractivity contribution in [2.24, 2.45) is 0 Å². The van der Waals surface area contributed by atoms with Crippen LogP contribution in [0.2, 0.25) is 0 Å². The predicted molar refractivity (Wildman–Crippen MR) is 149 cm³/mol. The van der Waals surface area contributed by atoms with Crippen LogP contribution in [0.15, 0.2) is 91.0 Å². The number of ether oxygens (including phenoxy) is 3. The molecule has 0 aliphatic carbocycles. The van der Waals surface area contributed by atoms with Crippen molar-refractivity contribution in [1.82, 2.24) is 0 Å². The van der Waals surface area contributed by atoms with Gasteiger partial charge in [0.05, 0.1) is 26.2 Å². The zero-order valence-electron chi connectivity index (χ0n) is 21.7. The van der Waals surface area contributed by atoms with Crippen molar-refractivity contribution in [2.75, 3.05) is 6.61 Å². The van der Waals surface area contributed by atoms with Gasteiger partial charge >= 0.3 is 0 Å². The summed E-state index contributed by atoms with van der Waals surface area (Å²) in [4.78, 5) is 13.3. The van der Waals surface area contributed by atoms with Gasteiger partial charge in [0.1, 0.15) is 12.2 Å². The smallest absolute Gasteiger partial charge is 0.193 e. The normalized spacial score (nSPS) is 21.3. The highest BCUT2D eigenvalue weighted by atomic mass is 32.2. The monoisotopic (exact) mass is 514 g/mol. The lowest BCUT2D eigenvalue weighted by atomic mass is 9.92. The molecule has 192 valence electrons. The Morgan fingerprint density at radius 3 is 2.00 bits per heavy atom. The average molecular weight is 515 g/mol. The Bertz CT molecular complexity index is 1200. The molecule has 0 radical (unpaired) electrons. The van der Waals surface area contributed by atoms with E-state index in [0.717, 1.165) is 16.7 Å². The first-order valence-corrected chi connectivity index (χ1v) is 13.4. The minimum absolute atomic E-state index is 0.0203. The Morgan fingerprint density at radius 2 is 1.43 bits per heavy atom. The SMILES string of the molecule is CC(C)(C)SC(=O)C[C@]1(C#Cc2ccccc2)OC[C@@H](OCc2ccccc2)[C@@H]1OCc1ccccc1. The summed E-state index contributed by atoms with van der Waals surface area (Å²) in [5, 5.41) is 0.0203. The third-order valence-electron chi connectivity index (χ3n) is 5.90. The molecule has 3 atom stereocenters. The quantitative estimate of drug-likeness (QED) is 0.324. The van der Waals surface area contributed by atoms with Gasteiger partial charge in [-0.25, -0.2) is 0 Å². The van der Waals surface area contributed by atoms with Crippen LogP contribution >= 0.6 is 11.8 Å². The fourth-order valence-electron chi connectivity index (χ4n) is 4.21. The van der Waals surface area contributed by atoms with Gasteiger partial charge in [0.15, 0.2) is 10.7 Å². The van der Waals surface area contributed by atoms with Crippen LogP contribution < -0.4 is 0 Å². The molecule has 0 bridgehead atoms. The lowest BCUT2D eigenvalue weighted by molar-refractivity contribution is -0.122. The Labute approximate surface area is 224 Å². The molecule has 4 rings (SSSR count). The molecule has 0 unspecified atom stereocenters. The zero-order valence-corrected chi connectivity index (χ0v) is 22.5. The van der Waals surface area contributed by atoms with Crippen LogP contribution in [-0.2, 0) is 32.2 Å². The number of thioether (sulfide) groups is 1. The van der Waals surface area contributed by atoms with Crippen molar-refractivity contribution < 1.29 is 19.0 Å². The van der Waals surface area contributed by atoms with Crippen molar-refractivity contribution >= 4 is 16.9 Å². The first-order valence-electron chi connectivity index (χ1n) is 12.6. The Kier molecular flexibility index (Phi) is 9.23. The van der Waals surface area contributed by atoms with E-state index < -0.39 is 11.7 Å². The van der Waals surface area contributed by atoms with Crippen LogP contribution in [0, 0.1) is 11.8 Å². The molecule has 1 saturated heterocycles. The van der Waals surface area contributed by atoms with E-state index in [1.165, 1.54) is 11.8 Å². The summed E-state index contributed by atoms with van der Waals surface area (Å²) >= 11 is 1.31. The van der Waals surface area contributed by atoms with E-state index in [0.29, 0.717) is 19.8 Å². The molecule has 5 heteroatoms. The lowest BCUT2D eigenvalue weighted by Gasteiger charge is -2.31. The van der Waals surface area contributed by atoms with Crippen molar-refractivity contribution in [3.05, 3.63) is 108 Å². The van der Waals surface area contributed by atoms with Crippen LogP contribution in [0.25, 0.3) is 0 Å². The molecule has 1 aliphatic rings. The standard InChI is InChI=1S/C32H34O4S/c1-31(2,3)37-29(33)21-32(20-19-25-13-7-4-8-14-25)30(35-23-27-17-11-6-12-18-27)28(24-36-32)34-22-26-15-9-5-10-16-26/h4-18,28,30H,21-24H2,1-3H3/t28-,30+,32+/m1/s1. The number of benzene rings is 3. The van der Waals surface area contributed by atoms with E-state index in [2.05, 4.69) is 11.8 Å². The van der Waals surface area contributed by atoms with Gasteiger partial charge in [0, 0.05) is 10.3 Å². The highest BCUT2D eigenvalue weighted by Gasteiger charge is 2.52. The summed E-state index contributed by atoms with van der Waals surface area (Å²) in [6, 6.07) is 29.8. The average Bonchev–Trinajstić information content (AvgIpc) is 3.22. The van der Waals surface area contributed by atoms with Gasteiger partial charge in [-0.05, 0) is 23.3 Å². The number of hydrogen-bond acceptors (Lipinski definition) is 5. The number of carbonyl (C=O) groups excluding carboxylic acids is 1. The molecule has 0 aromatic heterocycles. The molecule has 0 amide bonds. The highest BCUT2D eigenvalue weighted by Crippen LogP contribution is 2.38. The van der Waals surface area contributed by atoms with Crippen molar-refractivity contribution in [1.29, 1.82) is 0 Å². The first-order chi connectivity index (χ1) is 17.8. The molecule has 1 fully saturated rings. The summed E-state index contributed by atoms with van der Waals surface area (Å²) in [5.41, 5.74) is 1.84. The fourth-order valence-corrected chi connectivity index (χ4v) is 5.18. The maximum absolute atomic E-state index is 13.3. The number of hydrogen-bond donors (Lipinski definition) is 0. The minimum atomic E-state index is -1.12. The van der Waals surface area contributed by atoms with E-state index in [4.69, 9.17) is 14.2 Å². The Hall–Kier alpha value is -2.88. The maximum Gasteiger partial charge on any atom is 0.193 e.